The molecule has 6 heteroatoms. The number of carboxylic acids is 1. The van der Waals surface area contributed by atoms with E-state index in [-0.39, 0.29) is 13.0 Å². The van der Waals surface area contributed by atoms with E-state index in [0.29, 0.717) is 5.75 Å². The van der Waals surface area contributed by atoms with E-state index in [1.165, 1.54) is 14.0 Å². The van der Waals surface area contributed by atoms with Gasteiger partial charge in [0, 0.05) is 10.9 Å². The molecule has 0 heterocycles. The number of esters is 1. The number of aliphatic carboxylic acids is 1. The zero-order valence-electron chi connectivity index (χ0n) is 10.7. The molecule has 0 spiro atoms. The number of benzene rings is 1. The summed E-state index contributed by atoms with van der Waals surface area (Å²) in [6.45, 7) is 1.43. The lowest BCUT2D eigenvalue weighted by molar-refractivity contribution is -0.166. The molecule has 0 aromatic heterocycles. The molecule has 0 bridgehead atoms. The minimum absolute atomic E-state index is 0.0293. The Balaban J connectivity index is 2.63. The first-order chi connectivity index (χ1) is 8.90. The molecule has 1 rings (SSSR count). The zero-order chi connectivity index (χ0) is 14.5. The van der Waals surface area contributed by atoms with Crippen LogP contribution in [0.3, 0.4) is 0 Å². The number of halogens is 1. The molecule has 0 fully saturated rings. The molecule has 1 aromatic rings. The third kappa shape index (κ3) is 3.96. The molecule has 0 amide bonds. The Hall–Kier alpha value is -1.56. The van der Waals surface area contributed by atoms with Gasteiger partial charge in [0.25, 0.3) is 0 Å². The smallest absolute Gasteiger partial charge is 0.323 e. The highest BCUT2D eigenvalue weighted by Crippen LogP contribution is 2.25. The van der Waals surface area contributed by atoms with E-state index in [2.05, 4.69) is 20.7 Å². The highest BCUT2D eigenvalue weighted by Gasteiger charge is 2.42. The zero-order valence-corrected chi connectivity index (χ0v) is 12.3. The monoisotopic (exact) mass is 330 g/mol. The normalized spacial score (nSPS) is 13.4. The minimum Gasteiger partial charge on any atom is -0.494 e. The Labute approximate surface area is 119 Å². The predicted octanol–water partition coefficient (Wildman–Crippen LogP) is 2.48. The van der Waals surface area contributed by atoms with Crippen LogP contribution in [-0.2, 0) is 14.3 Å². The summed E-state index contributed by atoms with van der Waals surface area (Å²) in [6, 6.07) is 7.16. The Morgan fingerprint density at radius 3 is 2.63 bits per heavy atom. The maximum absolute atomic E-state index is 11.5. The molecule has 0 radical (unpaired) electrons. The van der Waals surface area contributed by atoms with Crippen molar-refractivity contribution < 1.29 is 24.2 Å². The van der Waals surface area contributed by atoms with Crippen LogP contribution in [0.4, 0.5) is 0 Å². The third-order valence-electron chi connectivity index (χ3n) is 2.77. The molecule has 0 saturated carbocycles. The number of ether oxygens (including phenoxy) is 2. The van der Waals surface area contributed by atoms with Crippen LogP contribution in [0.1, 0.15) is 13.3 Å². The van der Waals surface area contributed by atoms with Crippen molar-refractivity contribution >= 4 is 27.9 Å². The van der Waals surface area contributed by atoms with Crippen molar-refractivity contribution in [1.29, 1.82) is 0 Å². The lowest BCUT2D eigenvalue weighted by Crippen LogP contribution is -2.38. The standard InChI is InChI=1S/C13H15BrO5/c1-13(11(15)16,12(17)18-2)6-7-19-10-5-3-4-9(14)8-10/h3-5,8H,6-7H2,1-2H3,(H,15,16). The Kier molecular flexibility index (Phi) is 5.35. The third-order valence-corrected chi connectivity index (χ3v) is 3.27. The molecule has 1 atom stereocenters. The van der Waals surface area contributed by atoms with Crippen molar-refractivity contribution in [2.75, 3.05) is 13.7 Å². The van der Waals surface area contributed by atoms with Gasteiger partial charge >= 0.3 is 11.9 Å². The highest BCUT2D eigenvalue weighted by atomic mass is 79.9. The molecule has 0 saturated heterocycles. The van der Waals surface area contributed by atoms with Gasteiger partial charge in [0.2, 0.25) is 0 Å². The number of methoxy groups -OCH3 is 1. The van der Waals surface area contributed by atoms with Gasteiger partial charge in [-0.15, -0.1) is 0 Å². The van der Waals surface area contributed by atoms with Gasteiger partial charge in [-0.1, -0.05) is 22.0 Å². The molecular weight excluding hydrogens is 316 g/mol. The molecule has 0 aliphatic heterocycles. The molecular formula is C13H15BrO5. The first-order valence-electron chi connectivity index (χ1n) is 5.60. The van der Waals surface area contributed by atoms with Gasteiger partial charge in [-0.2, -0.15) is 0 Å². The SMILES string of the molecule is COC(=O)C(C)(CCOc1cccc(Br)c1)C(=O)O. The van der Waals surface area contributed by atoms with Crippen LogP contribution in [-0.4, -0.2) is 30.8 Å². The van der Waals surface area contributed by atoms with E-state index >= 15 is 0 Å². The second-order valence-corrected chi connectivity index (χ2v) is 5.10. The Morgan fingerprint density at radius 1 is 1.42 bits per heavy atom. The van der Waals surface area contributed by atoms with Gasteiger partial charge < -0.3 is 14.6 Å². The van der Waals surface area contributed by atoms with E-state index in [1.54, 1.807) is 18.2 Å². The van der Waals surface area contributed by atoms with Crippen LogP contribution < -0.4 is 4.74 Å². The summed E-state index contributed by atoms with van der Waals surface area (Å²) < 4.78 is 10.8. The van der Waals surface area contributed by atoms with E-state index in [0.717, 1.165) is 4.47 Å². The first-order valence-corrected chi connectivity index (χ1v) is 6.39. The molecule has 5 nitrogen and oxygen atoms in total. The van der Waals surface area contributed by atoms with Crippen molar-refractivity contribution in [2.45, 2.75) is 13.3 Å². The molecule has 1 unspecified atom stereocenters. The van der Waals surface area contributed by atoms with Gasteiger partial charge in [0.1, 0.15) is 5.75 Å². The minimum atomic E-state index is -1.60. The maximum Gasteiger partial charge on any atom is 0.323 e. The summed E-state index contributed by atoms with van der Waals surface area (Å²) in [5.74, 6) is -1.40. The summed E-state index contributed by atoms with van der Waals surface area (Å²) in [5, 5.41) is 9.11. The van der Waals surface area contributed by atoms with E-state index < -0.39 is 17.4 Å². The topological polar surface area (TPSA) is 72.8 Å². The van der Waals surface area contributed by atoms with Crippen molar-refractivity contribution in [2.24, 2.45) is 5.41 Å². The lowest BCUT2D eigenvalue weighted by Gasteiger charge is -2.21. The van der Waals surface area contributed by atoms with Crippen molar-refractivity contribution in [3.05, 3.63) is 28.7 Å². The number of hydrogen-bond acceptors (Lipinski definition) is 4. The van der Waals surface area contributed by atoms with Crippen LogP contribution >= 0.6 is 15.9 Å². The molecule has 0 aliphatic rings. The van der Waals surface area contributed by atoms with Gasteiger partial charge in [-0.25, -0.2) is 0 Å². The van der Waals surface area contributed by atoms with E-state index in [4.69, 9.17) is 9.84 Å². The van der Waals surface area contributed by atoms with Crippen molar-refractivity contribution in [3.8, 4) is 5.75 Å². The summed E-state index contributed by atoms with van der Waals surface area (Å²) in [5.41, 5.74) is -1.60. The van der Waals surface area contributed by atoms with Crippen LogP contribution in [0, 0.1) is 5.41 Å². The molecule has 104 valence electrons. The molecule has 1 N–H and O–H groups in total. The summed E-state index contributed by atoms with van der Waals surface area (Å²) in [4.78, 5) is 22.7. The lowest BCUT2D eigenvalue weighted by atomic mass is 9.87. The first kappa shape index (κ1) is 15.5. The number of hydrogen-bond donors (Lipinski definition) is 1. The predicted molar refractivity (Wildman–Crippen MR) is 72.0 cm³/mol. The fourth-order valence-electron chi connectivity index (χ4n) is 1.45. The van der Waals surface area contributed by atoms with E-state index in [1.807, 2.05) is 6.07 Å². The number of carboxylic acid groups (broad SMARTS) is 1. The van der Waals surface area contributed by atoms with Crippen LogP contribution in [0.15, 0.2) is 28.7 Å². The van der Waals surface area contributed by atoms with Gasteiger partial charge in [0.05, 0.1) is 13.7 Å². The van der Waals surface area contributed by atoms with Gasteiger partial charge in [0.15, 0.2) is 5.41 Å². The fraction of sp³-hybridized carbons (Fsp3) is 0.385. The molecule has 0 aliphatic carbocycles. The Bertz CT molecular complexity index is 474. The van der Waals surface area contributed by atoms with Crippen LogP contribution in [0.2, 0.25) is 0 Å². The second kappa shape index (κ2) is 6.56. The fourth-order valence-corrected chi connectivity index (χ4v) is 1.83. The molecule has 1 aromatic carbocycles. The van der Waals surface area contributed by atoms with Crippen molar-refractivity contribution in [1.82, 2.24) is 0 Å². The van der Waals surface area contributed by atoms with Gasteiger partial charge in [-0.05, 0) is 25.1 Å². The summed E-state index contributed by atoms with van der Waals surface area (Å²) >= 11 is 3.30. The number of carbonyl (C=O) groups is 2. The summed E-state index contributed by atoms with van der Waals surface area (Å²) in [6.07, 6.45) is 0.0293. The maximum atomic E-state index is 11.5. The average molecular weight is 331 g/mol. The molecule has 19 heavy (non-hydrogen) atoms. The van der Waals surface area contributed by atoms with E-state index in [9.17, 15) is 9.59 Å². The summed E-state index contributed by atoms with van der Waals surface area (Å²) in [7, 11) is 1.17. The van der Waals surface area contributed by atoms with Crippen LogP contribution in [0.5, 0.6) is 5.75 Å². The Morgan fingerprint density at radius 2 is 2.11 bits per heavy atom. The van der Waals surface area contributed by atoms with Gasteiger partial charge in [-0.3, -0.25) is 9.59 Å². The second-order valence-electron chi connectivity index (χ2n) is 4.18. The number of carbonyl (C=O) groups excluding carboxylic acids is 1. The van der Waals surface area contributed by atoms with Crippen molar-refractivity contribution in [3.63, 3.8) is 0 Å². The number of rotatable bonds is 6. The largest absolute Gasteiger partial charge is 0.494 e. The quantitative estimate of drug-likeness (QED) is 0.640. The highest BCUT2D eigenvalue weighted by molar-refractivity contribution is 9.10. The van der Waals surface area contributed by atoms with Crippen LogP contribution in [0.25, 0.3) is 0 Å². The average Bonchev–Trinajstić information content (AvgIpc) is 2.37.